The van der Waals surface area contributed by atoms with Gasteiger partial charge in [-0.05, 0) is 24.1 Å². The average Bonchev–Trinajstić information content (AvgIpc) is 2.73. The van der Waals surface area contributed by atoms with Gasteiger partial charge in [0, 0.05) is 25.6 Å². The molecule has 1 aliphatic heterocycles. The number of nitrogens with zero attached hydrogens (tertiary/aromatic N) is 2. The molecule has 0 saturated heterocycles. The van der Waals surface area contributed by atoms with Crippen LogP contribution in [-0.4, -0.2) is 25.9 Å². The van der Waals surface area contributed by atoms with Gasteiger partial charge >= 0.3 is 0 Å². The molecule has 0 spiro atoms. The molecule has 3 rings (SSSR count). The van der Waals surface area contributed by atoms with Gasteiger partial charge in [0.25, 0.3) is 0 Å². The van der Waals surface area contributed by atoms with E-state index in [1.807, 2.05) is 12.1 Å². The third-order valence-corrected chi connectivity index (χ3v) is 3.35. The normalized spacial score (nSPS) is 18.6. The van der Waals surface area contributed by atoms with Crippen molar-refractivity contribution >= 4 is 0 Å². The van der Waals surface area contributed by atoms with Crippen LogP contribution >= 0.6 is 0 Å². The van der Waals surface area contributed by atoms with Gasteiger partial charge in [0.05, 0.1) is 11.8 Å². The maximum Gasteiger partial charge on any atom is 0.115 e. The van der Waals surface area contributed by atoms with Gasteiger partial charge in [-0.3, -0.25) is 0 Å². The Kier molecular flexibility index (Phi) is 2.80. The Morgan fingerprint density at radius 2 is 2.06 bits per heavy atom. The number of benzene rings is 1. The van der Waals surface area contributed by atoms with Crippen LogP contribution in [0.1, 0.15) is 23.5 Å². The lowest BCUT2D eigenvalue weighted by molar-refractivity contribution is 0.141. The summed E-state index contributed by atoms with van der Waals surface area (Å²) in [5, 5.41) is 18.8. The highest BCUT2D eigenvalue weighted by Crippen LogP contribution is 2.18. The van der Waals surface area contributed by atoms with E-state index in [1.165, 1.54) is 0 Å². The highest BCUT2D eigenvalue weighted by atomic mass is 16.3. The van der Waals surface area contributed by atoms with Crippen LogP contribution in [0.4, 0.5) is 0 Å². The predicted molar refractivity (Wildman–Crippen MR) is 67.5 cm³/mol. The van der Waals surface area contributed by atoms with Gasteiger partial charge in [-0.1, -0.05) is 12.1 Å². The fourth-order valence-corrected chi connectivity index (χ4v) is 2.38. The van der Waals surface area contributed by atoms with Crippen LogP contribution in [-0.2, 0) is 19.4 Å². The fraction of sp³-hybridized carbons (Fsp3) is 0.357. The van der Waals surface area contributed by atoms with Crippen molar-refractivity contribution in [1.82, 2.24) is 9.55 Å². The summed E-state index contributed by atoms with van der Waals surface area (Å²) in [6.07, 6.45) is 4.03. The van der Waals surface area contributed by atoms with Crippen molar-refractivity contribution in [3.63, 3.8) is 0 Å². The van der Waals surface area contributed by atoms with Gasteiger partial charge in [-0.15, -0.1) is 0 Å². The number of imidazole rings is 1. The molecular weight excluding hydrogens is 228 g/mol. The van der Waals surface area contributed by atoms with E-state index >= 15 is 0 Å². The lowest BCUT2D eigenvalue weighted by atomic mass is 10.1. The van der Waals surface area contributed by atoms with E-state index in [0.717, 1.165) is 36.5 Å². The highest BCUT2D eigenvalue weighted by molar-refractivity contribution is 5.28. The van der Waals surface area contributed by atoms with Crippen LogP contribution in [0.5, 0.6) is 5.75 Å². The van der Waals surface area contributed by atoms with E-state index < -0.39 is 0 Å². The van der Waals surface area contributed by atoms with Gasteiger partial charge in [0.1, 0.15) is 11.6 Å². The molecule has 1 aromatic carbocycles. The van der Waals surface area contributed by atoms with Gasteiger partial charge in [-0.2, -0.15) is 0 Å². The number of phenols is 1. The predicted octanol–water partition coefficient (Wildman–Crippen LogP) is 1.49. The number of aliphatic hydroxyl groups is 1. The van der Waals surface area contributed by atoms with Crippen molar-refractivity contribution in [2.45, 2.75) is 31.9 Å². The summed E-state index contributed by atoms with van der Waals surface area (Å²) >= 11 is 0. The zero-order valence-electron chi connectivity index (χ0n) is 10.1. The minimum Gasteiger partial charge on any atom is -0.508 e. The molecule has 0 bridgehead atoms. The number of aryl methyl sites for hydroxylation is 1. The summed E-state index contributed by atoms with van der Waals surface area (Å²) in [5.41, 5.74) is 2.15. The molecule has 0 amide bonds. The number of rotatable bonds is 2. The van der Waals surface area contributed by atoms with Crippen molar-refractivity contribution < 1.29 is 10.2 Å². The first kappa shape index (κ1) is 11.3. The smallest absolute Gasteiger partial charge is 0.115 e. The summed E-state index contributed by atoms with van der Waals surface area (Å²) in [4.78, 5) is 4.56. The van der Waals surface area contributed by atoms with Crippen molar-refractivity contribution in [2.24, 2.45) is 0 Å². The lowest BCUT2D eigenvalue weighted by Gasteiger charge is -2.18. The second kappa shape index (κ2) is 4.46. The number of hydrogen-bond donors (Lipinski definition) is 2. The second-order valence-corrected chi connectivity index (χ2v) is 4.83. The van der Waals surface area contributed by atoms with Crippen molar-refractivity contribution in [2.75, 3.05) is 0 Å². The first-order valence-electron chi connectivity index (χ1n) is 6.21. The SMILES string of the molecule is Oc1ccc(Cc2cn3c(n2)CC(O)CC3)cc1. The van der Waals surface area contributed by atoms with E-state index in [4.69, 9.17) is 0 Å². The summed E-state index contributed by atoms with van der Waals surface area (Å²) in [5.74, 6) is 1.26. The number of aromatic nitrogens is 2. The standard InChI is InChI=1S/C14H16N2O2/c17-12-3-1-10(2-4-12)7-11-9-16-6-5-13(18)8-14(16)15-11/h1-4,9,13,17-18H,5-8H2. The summed E-state index contributed by atoms with van der Waals surface area (Å²) in [6, 6.07) is 7.19. The molecule has 4 nitrogen and oxygen atoms in total. The van der Waals surface area contributed by atoms with Crippen LogP contribution < -0.4 is 0 Å². The first-order chi connectivity index (χ1) is 8.70. The molecule has 0 radical (unpaired) electrons. The second-order valence-electron chi connectivity index (χ2n) is 4.83. The van der Waals surface area contributed by atoms with Gasteiger partial charge in [0.2, 0.25) is 0 Å². The van der Waals surface area contributed by atoms with Crippen LogP contribution in [0.15, 0.2) is 30.5 Å². The fourth-order valence-electron chi connectivity index (χ4n) is 2.38. The summed E-state index contributed by atoms with van der Waals surface area (Å²) < 4.78 is 2.13. The molecule has 0 saturated carbocycles. The molecule has 0 fully saturated rings. The number of aromatic hydroxyl groups is 1. The molecule has 2 aromatic rings. The van der Waals surface area contributed by atoms with Gasteiger partial charge < -0.3 is 14.8 Å². The lowest BCUT2D eigenvalue weighted by Crippen LogP contribution is -2.22. The van der Waals surface area contributed by atoms with Crippen LogP contribution in [0.3, 0.4) is 0 Å². The van der Waals surface area contributed by atoms with Crippen LogP contribution in [0.25, 0.3) is 0 Å². The van der Waals surface area contributed by atoms with E-state index in [0.29, 0.717) is 6.42 Å². The minimum atomic E-state index is -0.249. The number of fused-ring (bicyclic) bond motifs is 1. The van der Waals surface area contributed by atoms with E-state index in [-0.39, 0.29) is 11.9 Å². The molecule has 0 aliphatic carbocycles. The molecule has 18 heavy (non-hydrogen) atoms. The van der Waals surface area contributed by atoms with Crippen molar-refractivity contribution in [3.05, 3.63) is 47.5 Å². The molecular formula is C14H16N2O2. The molecule has 1 atom stereocenters. The molecule has 94 valence electrons. The van der Waals surface area contributed by atoms with Crippen molar-refractivity contribution in [1.29, 1.82) is 0 Å². The maximum atomic E-state index is 9.60. The minimum absolute atomic E-state index is 0.249. The van der Waals surface area contributed by atoms with Gasteiger partial charge in [0.15, 0.2) is 0 Å². The largest absolute Gasteiger partial charge is 0.508 e. The maximum absolute atomic E-state index is 9.60. The quantitative estimate of drug-likeness (QED) is 0.841. The zero-order chi connectivity index (χ0) is 12.5. The Morgan fingerprint density at radius 3 is 2.83 bits per heavy atom. The zero-order valence-corrected chi connectivity index (χ0v) is 10.1. The van der Waals surface area contributed by atoms with Crippen molar-refractivity contribution in [3.8, 4) is 5.75 Å². The third-order valence-electron chi connectivity index (χ3n) is 3.35. The Bertz CT molecular complexity index is 545. The summed E-state index contributed by atoms with van der Waals surface area (Å²) in [6.45, 7) is 0.846. The number of phenolic OH excluding ortho intramolecular Hbond substituents is 1. The molecule has 4 heteroatoms. The molecule has 1 aromatic heterocycles. The number of aliphatic hydroxyl groups excluding tert-OH is 1. The Labute approximate surface area is 106 Å². The van der Waals surface area contributed by atoms with E-state index in [1.54, 1.807) is 12.1 Å². The topological polar surface area (TPSA) is 58.3 Å². The third kappa shape index (κ3) is 2.24. The van der Waals surface area contributed by atoms with E-state index in [2.05, 4.69) is 15.7 Å². The molecule has 2 N–H and O–H groups in total. The molecule has 2 heterocycles. The highest BCUT2D eigenvalue weighted by Gasteiger charge is 2.18. The monoisotopic (exact) mass is 244 g/mol. The molecule has 1 unspecified atom stereocenters. The van der Waals surface area contributed by atoms with Crippen LogP contribution in [0.2, 0.25) is 0 Å². The van der Waals surface area contributed by atoms with Crippen LogP contribution in [0, 0.1) is 0 Å². The number of hydrogen-bond acceptors (Lipinski definition) is 3. The Hall–Kier alpha value is -1.81. The summed E-state index contributed by atoms with van der Waals surface area (Å²) in [7, 11) is 0. The molecule has 1 aliphatic rings. The van der Waals surface area contributed by atoms with E-state index in [9.17, 15) is 10.2 Å². The first-order valence-corrected chi connectivity index (χ1v) is 6.21. The Balaban J connectivity index is 1.79. The van der Waals surface area contributed by atoms with Gasteiger partial charge in [-0.25, -0.2) is 4.98 Å². The average molecular weight is 244 g/mol. The Morgan fingerprint density at radius 1 is 1.28 bits per heavy atom.